The molecular weight excluding hydrogens is 477 g/mol. The summed E-state index contributed by atoms with van der Waals surface area (Å²) in [6, 6.07) is 10.9. The number of hydrogen-bond donors (Lipinski definition) is 2. The van der Waals surface area contributed by atoms with Crippen molar-refractivity contribution in [3.05, 3.63) is 47.6 Å². The quantitative estimate of drug-likeness (QED) is 0.312. The molecule has 0 aliphatic heterocycles. The molecule has 2 aromatic rings. The molecule has 1 heterocycles. The minimum Gasteiger partial charge on any atom is -0.357 e. The van der Waals surface area contributed by atoms with Crippen LogP contribution in [0.1, 0.15) is 69.7 Å². The molecule has 0 radical (unpaired) electrons. The van der Waals surface area contributed by atoms with Gasteiger partial charge in [0.2, 0.25) is 5.89 Å². The largest absolute Gasteiger partial charge is 0.357 e. The molecular formula is C22H34IN5O. The molecule has 1 aromatic carbocycles. The molecule has 160 valence electrons. The number of aliphatic imine (C=N–C) groups is 1. The van der Waals surface area contributed by atoms with E-state index in [-0.39, 0.29) is 35.3 Å². The molecule has 29 heavy (non-hydrogen) atoms. The highest BCUT2D eigenvalue weighted by atomic mass is 127. The Morgan fingerprint density at radius 3 is 2.52 bits per heavy atom. The van der Waals surface area contributed by atoms with Gasteiger partial charge in [0.25, 0.3) is 0 Å². The monoisotopic (exact) mass is 511 g/mol. The van der Waals surface area contributed by atoms with Crippen molar-refractivity contribution in [1.82, 2.24) is 20.8 Å². The molecule has 3 rings (SSSR count). The summed E-state index contributed by atoms with van der Waals surface area (Å²) in [5.74, 6) is 2.57. The molecule has 0 atom stereocenters. The van der Waals surface area contributed by atoms with Crippen LogP contribution in [0, 0.1) is 0 Å². The van der Waals surface area contributed by atoms with Gasteiger partial charge in [0.05, 0.1) is 6.54 Å². The van der Waals surface area contributed by atoms with Gasteiger partial charge >= 0.3 is 0 Å². The van der Waals surface area contributed by atoms with E-state index in [9.17, 15) is 0 Å². The average molecular weight is 511 g/mol. The predicted molar refractivity (Wildman–Crippen MR) is 128 cm³/mol. The van der Waals surface area contributed by atoms with Crippen molar-refractivity contribution in [2.75, 3.05) is 19.6 Å². The molecule has 0 spiro atoms. The first-order valence-corrected chi connectivity index (χ1v) is 10.5. The van der Waals surface area contributed by atoms with Crippen LogP contribution >= 0.6 is 24.0 Å². The molecule has 2 N–H and O–H groups in total. The Morgan fingerprint density at radius 1 is 1.17 bits per heavy atom. The summed E-state index contributed by atoms with van der Waals surface area (Å²) in [6.07, 6.45) is 5.67. The molecule has 1 aromatic heterocycles. The number of rotatable bonds is 8. The number of aromatic nitrogens is 2. The van der Waals surface area contributed by atoms with E-state index in [1.807, 2.05) is 0 Å². The van der Waals surface area contributed by atoms with Gasteiger partial charge in [-0.15, -0.1) is 24.0 Å². The highest BCUT2D eigenvalue weighted by Crippen LogP contribution is 2.41. The first-order valence-electron chi connectivity index (χ1n) is 10.5. The number of guanidine groups is 1. The van der Waals surface area contributed by atoms with Gasteiger partial charge in [-0.1, -0.05) is 62.2 Å². The zero-order valence-electron chi connectivity index (χ0n) is 17.8. The van der Waals surface area contributed by atoms with E-state index in [1.54, 1.807) is 0 Å². The zero-order valence-corrected chi connectivity index (χ0v) is 20.1. The molecule has 0 saturated heterocycles. The van der Waals surface area contributed by atoms with Gasteiger partial charge in [0.1, 0.15) is 0 Å². The van der Waals surface area contributed by atoms with Crippen molar-refractivity contribution >= 4 is 29.9 Å². The highest BCUT2D eigenvalue weighted by Gasteiger charge is 2.35. The molecule has 1 aliphatic carbocycles. The van der Waals surface area contributed by atoms with Crippen LogP contribution in [0.4, 0.5) is 0 Å². The van der Waals surface area contributed by atoms with Gasteiger partial charge in [-0.2, -0.15) is 4.98 Å². The Balaban J connectivity index is 0.00000300. The predicted octanol–water partition coefficient (Wildman–Crippen LogP) is 4.42. The minimum absolute atomic E-state index is 0. The van der Waals surface area contributed by atoms with Crippen LogP contribution in [-0.4, -0.2) is 35.7 Å². The summed E-state index contributed by atoms with van der Waals surface area (Å²) in [5.41, 5.74) is 1.58. The van der Waals surface area contributed by atoms with Crippen molar-refractivity contribution in [2.45, 2.75) is 64.2 Å². The summed E-state index contributed by atoms with van der Waals surface area (Å²) in [7, 11) is 0. The van der Waals surface area contributed by atoms with E-state index in [2.05, 4.69) is 71.9 Å². The number of hydrogen-bond acceptors (Lipinski definition) is 4. The Morgan fingerprint density at radius 2 is 1.90 bits per heavy atom. The minimum atomic E-state index is 0. The van der Waals surface area contributed by atoms with Gasteiger partial charge in [-0.3, -0.25) is 4.99 Å². The van der Waals surface area contributed by atoms with E-state index < -0.39 is 0 Å². The van der Waals surface area contributed by atoms with Gasteiger partial charge in [0.15, 0.2) is 11.8 Å². The molecule has 0 bridgehead atoms. The molecule has 1 fully saturated rings. The third-order valence-corrected chi connectivity index (χ3v) is 5.46. The van der Waals surface area contributed by atoms with Crippen LogP contribution in [0.15, 0.2) is 39.8 Å². The summed E-state index contributed by atoms with van der Waals surface area (Å²) < 4.78 is 5.32. The molecule has 6 nitrogen and oxygen atoms in total. The maximum atomic E-state index is 5.32. The lowest BCUT2D eigenvalue weighted by Crippen LogP contribution is -2.39. The van der Waals surface area contributed by atoms with E-state index in [4.69, 9.17) is 9.52 Å². The van der Waals surface area contributed by atoms with Crippen LogP contribution in [-0.2, 0) is 11.8 Å². The smallest absolute Gasteiger partial charge is 0.228 e. The number of halogens is 1. The molecule has 0 amide bonds. The van der Waals surface area contributed by atoms with Crippen molar-refractivity contribution in [3.63, 3.8) is 0 Å². The second-order valence-corrected chi connectivity index (χ2v) is 7.93. The SMILES string of the molecule is CCNC(=NCC1(c2ccccc2)CCCC1)NCCc1nc(C(C)C)no1.I. The third kappa shape index (κ3) is 6.42. The normalized spacial score (nSPS) is 15.9. The average Bonchev–Trinajstić information content (AvgIpc) is 3.37. The van der Waals surface area contributed by atoms with Crippen molar-refractivity contribution < 1.29 is 4.52 Å². The zero-order chi connectivity index (χ0) is 19.8. The first kappa shape index (κ1) is 23.6. The second-order valence-electron chi connectivity index (χ2n) is 7.93. The molecule has 1 aliphatic rings. The number of benzene rings is 1. The third-order valence-electron chi connectivity index (χ3n) is 5.46. The van der Waals surface area contributed by atoms with Gasteiger partial charge in [-0.05, 0) is 25.3 Å². The summed E-state index contributed by atoms with van der Waals surface area (Å²) in [4.78, 5) is 9.37. The van der Waals surface area contributed by atoms with Crippen LogP contribution in [0.5, 0.6) is 0 Å². The number of nitrogens with one attached hydrogen (secondary N) is 2. The molecule has 1 saturated carbocycles. The van der Waals surface area contributed by atoms with Gasteiger partial charge in [-0.25, -0.2) is 0 Å². The van der Waals surface area contributed by atoms with Crippen molar-refractivity contribution in [1.29, 1.82) is 0 Å². The van der Waals surface area contributed by atoms with Crippen LogP contribution in [0.2, 0.25) is 0 Å². The Hall–Kier alpha value is -1.64. The fourth-order valence-electron chi connectivity index (χ4n) is 3.85. The topological polar surface area (TPSA) is 75.3 Å². The van der Waals surface area contributed by atoms with Crippen molar-refractivity contribution in [2.24, 2.45) is 4.99 Å². The maximum Gasteiger partial charge on any atom is 0.228 e. The number of nitrogens with zero attached hydrogens (tertiary/aromatic N) is 3. The van der Waals surface area contributed by atoms with E-state index in [0.29, 0.717) is 18.9 Å². The fraction of sp³-hybridized carbons (Fsp3) is 0.591. The lowest BCUT2D eigenvalue weighted by Gasteiger charge is -2.28. The Bertz CT molecular complexity index is 754. The Labute approximate surface area is 191 Å². The summed E-state index contributed by atoms with van der Waals surface area (Å²) in [6.45, 7) is 8.58. The molecule has 7 heteroatoms. The van der Waals surface area contributed by atoms with Crippen molar-refractivity contribution in [3.8, 4) is 0 Å². The fourth-order valence-corrected chi connectivity index (χ4v) is 3.85. The summed E-state index contributed by atoms with van der Waals surface area (Å²) in [5, 5.41) is 10.8. The van der Waals surface area contributed by atoms with Crippen LogP contribution < -0.4 is 10.6 Å². The van der Waals surface area contributed by atoms with E-state index >= 15 is 0 Å². The molecule has 0 unspecified atom stereocenters. The van der Waals surface area contributed by atoms with Crippen LogP contribution in [0.25, 0.3) is 0 Å². The van der Waals surface area contributed by atoms with Gasteiger partial charge in [0, 0.05) is 30.8 Å². The summed E-state index contributed by atoms with van der Waals surface area (Å²) >= 11 is 0. The lowest BCUT2D eigenvalue weighted by atomic mass is 9.79. The van der Waals surface area contributed by atoms with Crippen LogP contribution in [0.3, 0.4) is 0 Å². The van der Waals surface area contributed by atoms with Gasteiger partial charge < -0.3 is 15.2 Å². The first-order chi connectivity index (χ1) is 13.6. The van der Waals surface area contributed by atoms with E-state index in [1.165, 1.54) is 31.2 Å². The van der Waals surface area contributed by atoms with E-state index in [0.717, 1.165) is 24.9 Å². The highest BCUT2D eigenvalue weighted by molar-refractivity contribution is 14.0. The Kier molecular flexibility index (Phi) is 9.39. The maximum absolute atomic E-state index is 5.32. The standard InChI is InChI=1S/C22H33N5O.HI/c1-4-23-21(24-15-12-19-26-20(17(2)3)27-28-19)25-16-22(13-8-9-14-22)18-10-6-5-7-11-18;/h5-7,10-11,17H,4,8-9,12-16H2,1-3H3,(H2,23,24,25);1H. The second kappa shape index (κ2) is 11.5. The lowest BCUT2D eigenvalue weighted by molar-refractivity contribution is 0.371.